The third-order valence-corrected chi connectivity index (χ3v) is 7.61. The van der Waals surface area contributed by atoms with Crippen molar-refractivity contribution in [1.82, 2.24) is 4.90 Å². The molecule has 2 aliphatic heterocycles. The van der Waals surface area contributed by atoms with E-state index in [0.717, 1.165) is 37.4 Å². The van der Waals surface area contributed by atoms with Gasteiger partial charge in [-0.25, -0.2) is 0 Å². The maximum absolute atomic E-state index is 12.0. The van der Waals surface area contributed by atoms with Gasteiger partial charge in [0.05, 0.1) is 16.7 Å². The molecule has 3 N–H and O–H groups in total. The van der Waals surface area contributed by atoms with Crippen molar-refractivity contribution in [3.63, 3.8) is 0 Å². The molecule has 5 aliphatic rings. The van der Waals surface area contributed by atoms with E-state index >= 15 is 0 Å². The second kappa shape index (κ2) is 4.38. The highest BCUT2D eigenvalue weighted by molar-refractivity contribution is 5.92. The fourth-order valence-corrected chi connectivity index (χ4v) is 6.30. The lowest BCUT2D eigenvalue weighted by molar-refractivity contribution is -0.166. The first-order valence-corrected chi connectivity index (χ1v) is 9.60. The second-order valence-electron chi connectivity index (χ2n) is 8.77. The lowest BCUT2D eigenvalue weighted by atomic mass is 9.49. The summed E-state index contributed by atoms with van der Waals surface area (Å²) in [6.45, 7) is 2.04. The Bertz CT molecular complexity index is 804. The van der Waals surface area contributed by atoms with E-state index in [0.29, 0.717) is 24.3 Å². The van der Waals surface area contributed by atoms with Gasteiger partial charge in [0.15, 0.2) is 11.5 Å². The molecule has 0 unspecified atom stereocenters. The average Bonchev–Trinajstić information content (AvgIpc) is 3.32. The minimum Gasteiger partial charge on any atom is -0.504 e. The Kier molecular flexibility index (Phi) is 2.55. The summed E-state index contributed by atoms with van der Waals surface area (Å²) in [5, 5.41) is 30.9. The monoisotopic (exact) mass is 340 g/mol. The van der Waals surface area contributed by atoms with Crippen LogP contribution < -0.4 is 4.74 Å². The van der Waals surface area contributed by atoms with E-state index in [-0.39, 0.29) is 11.8 Å². The number of hydrogen-bond acceptors (Lipinski definition) is 5. The first-order valence-electron chi connectivity index (χ1n) is 9.60. The van der Waals surface area contributed by atoms with Gasteiger partial charge in [-0.15, -0.1) is 0 Å². The number of hydrogen-bond donors (Lipinski definition) is 3. The third kappa shape index (κ3) is 1.56. The Morgan fingerprint density at radius 1 is 1.28 bits per heavy atom. The number of phenols is 1. The summed E-state index contributed by atoms with van der Waals surface area (Å²) in [6, 6.07) is 3.83. The van der Waals surface area contributed by atoms with Crippen molar-refractivity contribution in [3.05, 3.63) is 23.3 Å². The summed E-state index contributed by atoms with van der Waals surface area (Å²) >= 11 is 0. The zero-order chi connectivity index (χ0) is 17.0. The van der Waals surface area contributed by atoms with Crippen molar-refractivity contribution in [2.24, 2.45) is 5.92 Å². The van der Waals surface area contributed by atoms with Crippen molar-refractivity contribution >= 4 is 5.71 Å². The van der Waals surface area contributed by atoms with Crippen LogP contribution in [-0.2, 0) is 11.8 Å². The normalized spacial score (nSPS) is 41.4. The van der Waals surface area contributed by atoms with Gasteiger partial charge < -0.3 is 20.4 Å². The fourth-order valence-electron chi connectivity index (χ4n) is 6.30. The first-order chi connectivity index (χ1) is 12.0. The Morgan fingerprint density at radius 3 is 2.92 bits per heavy atom. The smallest absolute Gasteiger partial charge is 0.166 e. The minimum absolute atomic E-state index is 0.101. The van der Waals surface area contributed by atoms with Crippen LogP contribution in [0.1, 0.15) is 43.2 Å². The summed E-state index contributed by atoms with van der Waals surface area (Å²) in [5.74, 6) is 1.48. The molecule has 1 saturated heterocycles. The van der Waals surface area contributed by atoms with E-state index in [2.05, 4.69) is 4.90 Å². The van der Waals surface area contributed by atoms with Crippen LogP contribution >= 0.6 is 0 Å². The van der Waals surface area contributed by atoms with Gasteiger partial charge in [-0.1, -0.05) is 6.07 Å². The molecule has 1 aromatic rings. The molecule has 4 atom stereocenters. The molecule has 132 valence electrons. The van der Waals surface area contributed by atoms with E-state index in [9.17, 15) is 10.2 Å². The fraction of sp³-hybridized carbons (Fsp3) is 0.650. The van der Waals surface area contributed by atoms with Gasteiger partial charge in [0, 0.05) is 18.2 Å². The number of aliphatic hydroxyl groups is 1. The maximum atomic E-state index is 12.0. The van der Waals surface area contributed by atoms with Gasteiger partial charge >= 0.3 is 0 Å². The number of rotatable bonds is 2. The molecule has 0 aromatic heterocycles. The Hall–Kier alpha value is -1.59. The van der Waals surface area contributed by atoms with Crippen LogP contribution in [0.25, 0.3) is 0 Å². The zero-order valence-electron chi connectivity index (χ0n) is 14.3. The van der Waals surface area contributed by atoms with E-state index in [1.54, 1.807) is 6.07 Å². The summed E-state index contributed by atoms with van der Waals surface area (Å²) in [5.41, 5.74) is 1.37. The van der Waals surface area contributed by atoms with Crippen molar-refractivity contribution in [2.75, 3.05) is 13.1 Å². The third-order valence-electron chi connectivity index (χ3n) is 7.61. The predicted octanol–water partition coefficient (Wildman–Crippen LogP) is 1.98. The van der Waals surface area contributed by atoms with Crippen LogP contribution in [0.3, 0.4) is 0 Å². The number of benzene rings is 1. The molecule has 3 fully saturated rings. The zero-order valence-corrected chi connectivity index (χ0v) is 14.3. The van der Waals surface area contributed by atoms with Crippen LogP contribution in [0, 0.1) is 11.3 Å². The number of likely N-dealkylation sites (tertiary alicyclic amines) is 1. The number of aromatic hydroxyl groups is 1. The Labute approximate surface area is 147 Å². The Balaban J connectivity index is 1.58. The molecule has 0 radical (unpaired) electrons. The molecule has 2 saturated carbocycles. The van der Waals surface area contributed by atoms with Crippen LogP contribution in [0.2, 0.25) is 0 Å². The maximum Gasteiger partial charge on any atom is 0.166 e. The number of piperidine rings is 1. The van der Waals surface area contributed by atoms with E-state index in [1.165, 1.54) is 18.4 Å². The standard InChI is InChI=1S/C20H24N2O3/c21-13-5-6-20(24)15-9-12-3-4-14(23)17-16(12)19(20,18(13)25-17)7-8-22(15)10-11-1-2-11/h3-4,11,15,18,21,23-24H,1-2,5-10H2/t15-,18+,19+,20-/m1/s1. The average molecular weight is 340 g/mol. The minimum atomic E-state index is -0.860. The lowest BCUT2D eigenvalue weighted by Crippen LogP contribution is -2.76. The van der Waals surface area contributed by atoms with Gasteiger partial charge in [-0.3, -0.25) is 4.90 Å². The van der Waals surface area contributed by atoms with Gasteiger partial charge in [-0.05, 0) is 62.6 Å². The van der Waals surface area contributed by atoms with Crippen LogP contribution in [0.5, 0.6) is 11.5 Å². The van der Waals surface area contributed by atoms with Crippen LogP contribution in [-0.4, -0.2) is 51.7 Å². The predicted molar refractivity (Wildman–Crippen MR) is 92.5 cm³/mol. The van der Waals surface area contributed by atoms with Crippen molar-refractivity contribution in [3.8, 4) is 11.5 Å². The molecular weight excluding hydrogens is 316 g/mol. The highest BCUT2D eigenvalue weighted by Crippen LogP contribution is 2.64. The molecule has 3 aliphatic carbocycles. The molecule has 2 bridgehead atoms. The number of ether oxygens (including phenoxy) is 1. The Morgan fingerprint density at radius 2 is 2.12 bits per heavy atom. The quantitative estimate of drug-likeness (QED) is 0.769. The van der Waals surface area contributed by atoms with E-state index in [4.69, 9.17) is 10.1 Å². The number of nitrogens with one attached hydrogen (secondary N) is 1. The van der Waals surface area contributed by atoms with Crippen LogP contribution in [0.4, 0.5) is 0 Å². The molecule has 0 amide bonds. The van der Waals surface area contributed by atoms with Crippen molar-refractivity contribution in [2.45, 2.75) is 61.7 Å². The number of nitrogens with zero attached hydrogens (tertiary/aromatic N) is 1. The van der Waals surface area contributed by atoms with Gasteiger partial charge in [0.25, 0.3) is 0 Å². The highest BCUT2D eigenvalue weighted by Gasteiger charge is 2.72. The number of phenolic OH excluding ortho intramolecular Hbond substituents is 1. The van der Waals surface area contributed by atoms with Gasteiger partial charge in [-0.2, -0.15) is 0 Å². The van der Waals surface area contributed by atoms with Crippen molar-refractivity contribution in [1.29, 1.82) is 5.41 Å². The van der Waals surface area contributed by atoms with Crippen molar-refractivity contribution < 1.29 is 14.9 Å². The summed E-state index contributed by atoms with van der Waals surface area (Å²) in [7, 11) is 0. The summed E-state index contributed by atoms with van der Waals surface area (Å²) in [4.78, 5) is 2.52. The first kappa shape index (κ1) is 14.6. The molecule has 1 spiro atoms. The summed E-state index contributed by atoms with van der Waals surface area (Å²) < 4.78 is 6.16. The van der Waals surface area contributed by atoms with E-state index in [1.807, 2.05) is 6.07 Å². The van der Waals surface area contributed by atoms with Crippen LogP contribution in [0.15, 0.2) is 12.1 Å². The van der Waals surface area contributed by atoms with E-state index < -0.39 is 17.1 Å². The topological polar surface area (TPSA) is 76.8 Å². The molecule has 5 heteroatoms. The SMILES string of the molecule is N=C1CC[C@@]2(O)[C@H]3Cc4ccc(O)c5c4[C@@]2(CCN3CC2CC2)[C@H]1O5. The largest absolute Gasteiger partial charge is 0.504 e. The van der Waals surface area contributed by atoms with Gasteiger partial charge in [0.1, 0.15) is 6.10 Å². The molecule has 1 aromatic carbocycles. The summed E-state index contributed by atoms with van der Waals surface area (Å²) in [6.07, 6.45) is 5.06. The second-order valence-corrected chi connectivity index (χ2v) is 8.77. The van der Waals surface area contributed by atoms with Gasteiger partial charge in [0.2, 0.25) is 0 Å². The molecule has 5 nitrogen and oxygen atoms in total. The lowest BCUT2D eigenvalue weighted by Gasteiger charge is -2.63. The highest BCUT2D eigenvalue weighted by atomic mass is 16.5. The molecular formula is C20H24N2O3. The molecule has 6 rings (SSSR count). The molecule has 2 heterocycles. The molecule has 25 heavy (non-hydrogen) atoms.